The third-order valence-corrected chi connectivity index (χ3v) is 9.33. The molecule has 3 aromatic carbocycles. The van der Waals surface area contributed by atoms with Crippen LogP contribution in [0.15, 0.2) is 76.5 Å². The number of urea groups is 1. The van der Waals surface area contributed by atoms with E-state index in [-0.39, 0.29) is 31.4 Å². The lowest BCUT2D eigenvalue weighted by atomic mass is 9.98. The number of fused-ring (bicyclic) bond motifs is 1. The summed E-state index contributed by atoms with van der Waals surface area (Å²) in [6.45, 7) is 4.07. The van der Waals surface area contributed by atoms with Crippen LogP contribution in [-0.4, -0.2) is 70.9 Å². The third-order valence-electron chi connectivity index (χ3n) is 7.47. The number of nitrogens with two attached hydrogens (primary N) is 1. The van der Waals surface area contributed by atoms with E-state index in [1.165, 1.54) is 0 Å². The summed E-state index contributed by atoms with van der Waals surface area (Å²) in [6.07, 6.45) is 1.17. The van der Waals surface area contributed by atoms with E-state index < -0.39 is 23.7 Å². The van der Waals surface area contributed by atoms with Crippen molar-refractivity contribution in [3.05, 3.63) is 77.9 Å². The highest BCUT2D eigenvalue weighted by Crippen LogP contribution is 2.38. The van der Waals surface area contributed by atoms with Crippen LogP contribution in [0.3, 0.4) is 0 Å². The van der Waals surface area contributed by atoms with E-state index in [9.17, 15) is 19.5 Å². The maximum atomic E-state index is 14.1. The first-order valence-electron chi connectivity index (χ1n) is 14.7. The molecule has 45 heavy (non-hydrogen) atoms. The Morgan fingerprint density at radius 2 is 1.87 bits per heavy atom. The number of carbonyl (C=O) groups is 3. The van der Waals surface area contributed by atoms with Gasteiger partial charge in [0.05, 0.1) is 24.9 Å². The minimum Gasteiger partial charge on any atom is -0.394 e. The fourth-order valence-corrected chi connectivity index (χ4v) is 6.68. The topological polar surface area (TPSA) is 157 Å². The van der Waals surface area contributed by atoms with Crippen molar-refractivity contribution in [3.8, 4) is 11.1 Å². The fourth-order valence-electron chi connectivity index (χ4n) is 5.06. The summed E-state index contributed by atoms with van der Waals surface area (Å²) in [5.74, 6) is -0.0904. The van der Waals surface area contributed by atoms with Gasteiger partial charge >= 0.3 is 6.03 Å². The molecular weight excluding hydrogens is 611 g/mol. The molecule has 10 nitrogen and oxygen atoms in total. The highest BCUT2D eigenvalue weighted by molar-refractivity contribution is 8.00. The zero-order chi connectivity index (χ0) is 32.6. The zero-order valence-corrected chi connectivity index (χ0v) is 27.3. The fraction of sp³-hybridized carbons (Fsp3) is 0.364. The molecule has 12 heteroatoms. The van der Waals surface area contributed by atoms with Gasteiger partial charge in [0, 0.05) is 40.6 Å². The third kappa shape index (κ3) is 9.47. The number of hydrogen-bond acceptors (Lipinski definition) is 8. The quantitative estimate of drug-likeness (QED) is 0.154. The molecule has 1 heterocycles. The highest BCUT2D eigenvalue weighted by atomic mass is 32.2. The number of anilines is 1. The van der Waals surface area contributed by atoms with Crippen molar-refractivity contribution in [3.63, 3.8) is 0 Å². The molecule has 0 fully saturated rings. The van der Waals surface area contributed by atoms with Crippen molar-refractivity contribution in [1.29, 1.82) is 0 Å². The van der Waals surface area contributed by atoms with Crippen LogP contribution >= 0.6 is 23.5 Å². The second-order valence-corrected chi connectivity index (χ2v) is 13.5. The number of amides is 4. The number of hydrogen-bond donors (Lipinski definition) is 6. The van der Waals surface area contributed by atoms with Crippen molar-refractivity contribution in [2.45, 2.75) is 60.8 Å². The van der Waals surface area contributed by atoms with Crippen LogP contribution < -0.4 is 26.6 Å². The molecule has 0 saturated heterocycles. The predicted octanol–water partition coefficient (Wildman–Crippen LogP) is 3.48. The normalized spacial score (nSPS) is 15.6. The number of benzene rings is 3. The summed E-state index contributed by atoms with van der Waals surface area (Å²) < 4.78 is 0. The minimum atomic E-state index is -0.923. The average Bonchev–Trinajstić information content (AvgIpc) is 3.14. The second-order valence-electron chi connectivity index (χ2n) is 11.5. The smallest absolute Gasteiger partial charge is 0.312 e. The van der Waals surface area contributed by atoms with Gasteiger partial charge < -0.3 is 36.8 Å². The zero-order valence-electron chi connectivity index (χ0n) is 25.7. The van der Waals surface area contributed by atoms with Gasteiger partial charge in [0.25, 0.3) is 5.91 Å². The molecule has 0 aromatic heterocycles. The van der Waals surface area contributed by atoms with Gasteiger partial charge in [-0.1, -0.05) is 48.5 Å². The first kappa shape index (κ1) is 34.3. The number of aliphatic hydroxyl groups is 2. The summed E-state index contributed by atoms with van der Waals surface area (Å²) in [4.78, 5) is 42.3. The summed E-state index contributed by atoms with van der Waals surface area (Å²) in [6, 6.07) is 20.5. The SMILES string of the molecule is CSc1ccc2c(c1)SC[C@@H](NC(=O)CC(C)(C)NC[C@H](O)CO)C(=O)N2Cc1ccc(-c2ccccc2CNC(N)=O)cc1. The Labute approximate surface area is 272 Å². The molecule has 0 spiro atoms. The van der Waals surface area contributed by atoms with Gasteiger partial charge in [0.1, 0.15) is 6.04 Å². The van der Waals surface area contributed by atoms with Crippen molar-refractivity contribution < 1.29 is 24.6 Å². The molecule has 3 aromatic rings. The molecular formula is C33H41N5O5S2. The Hall–Kier alpha value is -3.55. The molecule has 1 aliphatic heterocycles. The van der Waals surface area contributed by atoms with E-state index in [2.05, 4.69) is 22.0 Å². The van der Waals surface area contributed by atoms with Gasteiger partial charge in [-0.05, 0) is 60.6 Å². The van der Waals surface area contributed by atoms with E-state index in [1.807, 2.05) is 80.8 Å². The van der Waals surface area contributed by atoms with Crippen molar-refractivity contribution in [1.82, 2.24) is 16.0 Å². The van der Waals surface area contributed by atoms with Gasteiger partial charge in [-0.15, -0.1) is 23.5 Å². The Morgan fingerprint density at radius 1 is 1.13 bits per heavy atom. The van der Waals surface area contributed by atoms with Gasteiger partial charge in [0.15, 0.2) is 0 Å². The predicted molar refractivity (Wildman–Crippen MR) is 180 cm³/mol. The lowest BCUT2D eigenvalue weighted by Gasteiger charge is -2.29. The van der Waals surface area contributed by atoms with Crippen LogP contribution in [0.4, 0.5) is 10.5 Å². The van der Waals surface area contributed by atoms with Crippen LogP contribution in [0.5, 0.6) is 0 Å². The number of β-amino-alcohol motifs (C(OH)–C–C–N with tert-alkyl or cyclic N) is 1. The molecule has 1 aliphatic rings. The molecule has 0 aliphatic carbocycles. The van der Waals surface area contributed by atoms with Crippen molar-refractivity contribution in [2.75, 3.05) is 30.1 Å². The molecule has 0 unspecified atom stereocenters. The van der Waals surface area contributed by atoms with Crippen LogP contribution in [0.1, 0.15) is 31.4 Å². The molecule has 240 valence electrons. The van der Waals surface area contributed by atoms with Crippen LogP contribution in [-0.2, 0) is 22.7 Å². The van der Waals surface area contributed by atoms with E-state index in [0.717, 1.165) is 37.7 Å². The lowest BCUT2D eigenvalue weighted by molar-refractivity contribution is -0.128. The van der Waals surface area contributed by atoms with E-state index in [4.69, 9.17) is 10.8 Å². The summed E-state index contributed by atoms with van der Waals surface area (Å²) in [5, 5.41) is 27.5. The number of thioether (sulfide) groups is 2. The summed E-state index contributed by atoms with van der Waals surface area (Å²) in [5.41, 5.74) is 9.21. The average molecular weight is 652 g/mol. The molecule has 2 atom stereocenters. The standard InChI is InChI=1S/C33H41N5O5S2/c1-33(2,36-17-24(40)19-39)15-30(41)37-27-20-45-29-14-25(44-3)12-13-28(29)38(31(27)42)18-21-8-10-22(11-9-21)26-7-5-4-6-23(26)16-35-32(34)43/h4-14,24,27,36,39-40H,15-20H2,1-3H3,(H,37,41)(H3,34,35,43)/t24-,27+/m0/s1. The molecule has 0 bridgehead atoms. The Morgan fingerprint density at radius 3 is 2.56 bits per heavy atom. The van der Waals surface area contributed by atoms with Crippen molar-refractivity contribution in [2.24, 2.45) is 5.73 Å². The summed E-state index contributed by atoms with van der Waals surface area (Å²) in [7, 11) is 0. The van der Waals surface area contributed by atoms with Gasteiger partial charge in [0.2, 0.25) is 5.91 Å². The molecule has 7 N–H and O–H groups in total. The Kier molecular flexibility index (Phi) is 11.9. The number of nitrogens with zero attached hydrogens (tertiary/aromatic N) is 1. The Balaban J connectivity index is 1.54. The monoisotopic (exact) mass is 651 g/mol. The van der Waals surface area contributed by atoms with Gasteiger partial charge in [-0.25, -0.2) is 4.79 Å². The first-order valence-corrected chi connectivity index (χ1v) is 16.9. The number of carbonyl (C=O) groups excluding carboxylic acids is 3. The maximum absolute atomic E-state index is 14.1. The Bertz CT molecular complexity index is 1500. The van der Waals surface area contributed by atoms with Gasteiger partial charge in [-0.3, -0.25) is 9.59 Å². The molecule has 0 radical (unpaired) electrons. The molecule has 4 amide bonds. The second kappa shape index (κ2) is 15.6. The van der Waals surface area contributed by atoms with Crippen LogP contribution in [0.25, 0.3) is 11.1 Å². The van der Waals surface area contributed by atoms with Crippen molar-refractivity contribution >= 4 is 47.1 Å². The number of nitrogens with one attached hydrogen (secondary N) is 3. The summed E-state index contributed by atoms with van der Waals surface area (Å²) >= 11 is 3.17. The highest BCUT2D eigenvalue weighted by Gasteiger charge is 2.33. The number of rotatable bonds is 13. The van der Waals surface area contributed by atoms with Crippen LogP contribution in [0.2, 0.25) is 0 Å². The number of primary amides is 1. The largest absolute Gasteiger partial charge is 0.394 e. The maximum Gasteiger partial charge on any atom is 0.312 e. The minimum absolute atomic E-state index is 0.0844. The molecule has 0 saturated carbocycles. The van der Waals surface area contributed by atoms with Crippen LogP contribution in [0, 0.1) is 0 Å². The first-order chi connectivity index (χ1) is 21.5. The molecule has 4 rings (SSSR count). The van der Waals surface area contributed by atoms with Gasteiger partial charge in [-0.2, -0.15) is 0 Å². The van der Waals surface area contributed by atoms with E-state index in [1.54, 1.807) is 28.4 Å². The lowest BCUT2D eigenvalue weighted by Crippen LogP contribution is -2.52. The van der Waals surface area contributed by atoms with E-state index >= 15 is 0 Å². The van der Waals surface area contributed by atoms with E-state index in [0.29, 0.717) is 18.8 Å². The number of aliphatic hydroxyl groups excluding tert-OH is 2.